The number of benzene rings is 1. The maximum atomic E-state index is 13.6. The summed E-state index contributed by atoms with van der Waals surface area (Å²) >= 11 is 1.33. The van der Waals surface area contributed by atoms with Gasteiger partial charge in [0, 0.05) is 32.2 Å². The summed E-state index contributed by atoms with van der Waals surface area (Å²) in [5, 5.41) is 7.75. The van der Waals surface area contributed by atoms with Crippen LogP contribution in [0.2, 0.25) is 0 Å². The second kappa shape index (κ2) is 12.8. The monoisotopic (exact) mass is 498 g/mol. The zero-order valence-electron chi connectivity index (χ0n) is 20.0. The Bertz CT molecular complexity index is 957. The van der Waals surface area contributed by atoms with Crippen molar-refractivity contribution < 1.29 is 19.1 Å². The standard InChI is InChI=1S/C26H34N4O4S/c31-23(19-27-25(32)22-11-6-18-35-22)30(13-12-29-14-16-34-17-15-29)24(20-7-2-1-3-8-20)26(33)28-21-9-4-5-10-21/h1-3,6-8,11,18,21,24H,4-5,9-10,12-17,19H2,(H,27,32)(H,28,33). The molecule has 1 saturated carbocycles. The number of morpholine rings is 1. The molecule has 2 aromatic rings. The first-order valence-electron chi connectivity index (χ1n) is 12.4. The number of rotatable bonds is 10. The predicted molar refractivity (Wildman–Crippen MR) is 135 cm³/mol. The van der Waals surface area contributed by atoms with Gasteiger partial charge in [0.15, 0.2) is 0 Å². The molecule has 4 rings (SSSR count). The van der Waals surface area contributed by atoms with E-state index >= 15 is 0 Å². The molecular weight excluding hydrogens is 464 g/mol. The number of carbonyl (C=O) groups is 3. The number of amides is 3. The third-order valence-electron chi connectivity index (χ3n) is 6.60. The highest BCUT2D eigenvalue weighted by Gasteiger charge is 2.33. The molecule has 1 aliphatic carbocycles. The molecule has 188 valence electrons. The number of hydrogen-bond donors (Lipinski definition) is 2. The van der Waals surface area contributed by atoms with Gasteiger partial charge < -0.3 is 20.3 Å². The fourth-order valence-electron chi connectivity index (χ4n) is 4.68. The quantitative estimate of drug-likeness (QED) is 0.525. The summed E-state index contributed by atoms with van der Waals surface area (Å²) in [6.45, 7) is 3.76. The Labute approximate surface area is 210 Å². The minimum atomic E-state index is -0.760. The van der Waals surface area contributed by atoms with Gasteiger partial charge in [-0.1, -0.05) is 49.2 Å². The van der Waals surface area contributed by atoms with Gasteiger partial charge in [0.05, 0.1) is 24.6 Å². The summed E-state index contributed by atoms with van der Waals surface area (Å²) in [5.41, 5.74) is 0.767. The Balaban J connectivity index is 1.53. The van der Waals surface area contributed by atoms with Crippen LogP contribution in [0.1, 0.15) is 47.0 Å². The molecule has 2 heterocycles. The highest BCUT2D eigenvalue weighted by atomic mass is 32.1. The molecule has 2 fully saturated rings. The third kappa shape index (κ3) is 7.13. The van der Waals surface area contributed by atoms with E-state index in [-0.39, 0.29) is 30.3 Å². The number of carbonyl (C=O) groups excluding carboxylic acids is 3. The Kier molecular flexibility index (Phi) is 9.28. The molecule has 1 saturated heterocycles. The maximum absolute atomic E-state index is 13.6. The Morgan fingerprint density at radius 2 is 1.80 bits per heavy atom. The van der Waals surface area contributed by atoms with Crippen LogP contribution in [0, 0.1) is 0 Å². The van der Waals surface area contributed by atoms with E-state index in [9.17, 15) is 14.4 Å². The van der Waals surface area contributed by atoms with Crippen molar-refractivity contribution >= 4 is 29.1 Å². The van der Waals surface area contributed by atoms with Gasteiger partial charge in [-0.3, -0.25) is 19.3 Å². The molecule has 2 N–H and O–H groups in total. The van der Waals surface area contributed by atoms with Crippen LogP contribution in [0.4, 0.5) is 0 Å². The van der Waals surface area contributed by atoms with Gasteiger partial charge in [0.2, 0.25) is 11.8 Å². The smallest absolute Gasteiger partial charge is 0.261 e. The van der Waals surface area contributed by atoms with Crippen LogP contribution < -0.4 is 10.6 Å². The van der Waals surface area contributed by atoms with Gasteiger partial charge in [-0.05, 0) is 29.9 Å². The van der Waals surface area contributed by atoms with Gasteiger partial charge in [0.25, 0.3) is 5.91 Å². The third-order valence-corrected chi connectivity index (χ3v) is 7.47. The van der Waals surface area contributed by atoms with E-state index in [1.165, 1.54) is 11.3 Å². The second-order valence-corrected chi connectivity index (χ2v) is 9.95. The van der Waals surface area contributed by atoms with Crippen molar-refractivity contribution in [2.24, 2.45) is 0 Å². The Morgan fingerprint density at radius 3 is 2.49 bits per heavy atom. The van der Waals surface area contributed by atoms with Crippen molar-refractivity contribution in [2.75, 3.05) is 45.9 Å². The molecule has 0 bridgehead atoms. The molecule has 2 aliphatic rings. The zero-order valence-corrected chi connectivity index (χ0v) is 20.8. The van der Waals surface area contributed by atoms with Crippen LogP contribution in [0.5, 0.6) is 0 Å². The lowest BCUT2D eigenvalue weighted by Crippen LogP contribution is -2.51. The van der Waals surface area contributed by atoms with Crippen molar-refractivity contribution in [1.82, 2.24) is 20.4 Å². The lowest BCUT2D eigenvalue weighted by molar-refractivity contribution is -0.140. The topological polar surface area (TPSA) is 91.0 Å². The molecule has 9 heteroatoms. The largest absolute Gasteiger partial charge is 0.379 e. The van der Waals surface area contributed by atoms with Crippen LogP contribution >= 0.6 is 11.3 Å². The normalized spacial score (nSPS) is 17.6. The van der Waals surface area contributed by atoms with Crippen molar-refractivity contribution in [2.45, 2.75) is 37.8 Å². The predicted octanol–water partition coefficient (Wildman–Crippen LogP) is 2.44. The molecule has 35 heavy (non-hydrogen) atoms. The minimum Gasteiger partial charge on any atom is -0.379 e. The summed E-state index contributed by atoms with van der Waals surface area (Å²) in [6, 6.07) is 12.3. The first-order valence-corrected chi connectivity index (χ1v) is 13.3. The Hall–Kier alpha value is -2.75. The number of nitrogens with zero attached hydrogens (tertiary/aromatic N) is 2. The molecule has 1 atom stereocenters. The molecule has 0 radical (unpaired) electrons. The maximum Gasteiger partial charge on any atom is 0.261 e. The van der Waals surface area contributed by atoms with Crippen molar-refractivity contribution in [3.63, 3.8) is 0 Å². The highest BCUT2D eigenvalue weighted by Crippen LogP contribution is 2.24. The SMILES string of the molecule is O=C(NCC(=O)N(CCN1CCOCC1)C(C(=O)NC1CCCC1)c1ccccc1)c1cccs1. The van der Waals surface area contributed by atoms with Gasteiger partial charge in [-0.25, -0.2) is 0 Å². The lowest BCUT2D eigenvalue weighted by Gasteiger charge is -2.35. The first kappa shape index (κ1) is 25.3. The van der Waals surface area contributed by atoms with Crippen LogP contribution in [0.25, 0.3) is 0 Å². The van der Waals surface area contributed by atoms with E-state index < -0.39 is 6.04 Å². The molecule has 1 unspecified atom stereocenters. The summed E-state index contributed by atoms with van der Waals surface area (Å²) in [7, 11) is 0. The number of thiophene rings is 1. The van der Waals surface area contributed by atoms with Crippen molar-refractivity contribution in [3.8, 4) is 0 Å². The van der Waals surface area contributed by atoms with Crippen molar-refractivity contribution in [3.05, 3.63) is 58.3 Å². The molecule has 1 aromatic carbocycles. The summed E-state index contributed by atoms with van der Waals surface area (Å²) in [5.74, 6) is -0.727. The van der Waals surface area contributed by atoms with E-state index in [1.807, 2.05) is 35.7 Å². The summed E-state index contributed by atoms with van der Waals surface area (Å²) in [6.07, 6.45) is 4.14. The molecule has 8 nitrogen and oxygen atoms in total. The van der Waals surface area contributed by atoms with Crippen LogP contribution in [0.3, 0.4) is 0 Å². The zero-order chi connectivity index (χ0) is 24.5. The second-order valence-electron chi connectivity index (χ2n) is 9.00. The van der Waals surface area contributed by atoms with Gasteiger partial charge in [-0.2, -0.15) is 0 Å². The average molecular weight is 499 g/mol. The fourth-order valence-corrected chi connectivity index (χ4v) is 5.32. The average Bonchev–Trinajstić information content (AvgIpc) is 3.61. The fraction of sp³-hybridized carbons (Fsp3) is 0.500. The van der Waals surface area contributed by atoms with Gasteiger partial charge in [-0.15, -0.1) is 11.3 Å². The van der Waals surface area contributed by atoms with Crippen LogP contribution in [0.15, 0.2) is 47.8 Å². The molecule has 1 aliphatic heterocycles. The van der Waals surface area contributed by atoms with E-state index in [1.54, 1.807) is 17.0 Å². The number of hydrogen-bond acceptors (Lipinski definition) is 6. The van der Waals surface area contributed by atoms with Crippen LogP contribution in [-0.2, 0) is 14.3 Å². The van der Waals surface area contributed by atoms with E-state index in [0.717, 1.165) is 44.3 Å². The van der Waals surface area contributed by atoms with E-state index in [4.69, 9.17) is 4.74 Å². The molecule has 0 spiro atoms. The van der Waals surface area contributed by atoms with Gasteiger partial charge >= 0.3 is 0 Å². The highest BCUT2D eigenvalue weighted by molar-refractivity contribution is 7.12. The number of ether oxygens (including phenoxy) is 1. The summed E-state index contributed by atoms with van der Waals surface area (Å²) < 4.78 is 5.45. The molecular formula is C26H34N4O4S. The first-order chi connectivity index (χ1) is 17.1. The van der Waals surface area contributed by atoms with Crippen molar-refractivity contribution in [1.29, 1.82) is 0 Å². The molecule has 3 amide bonds. The summed E-state index contributed by atoms with van der Waals surface area (Å²) in [4.78, 5) is 44.0. The lowest BCUT2D eigenvalue weighted by atomic mass is 10.0. The number of nitrogens with one attached hydrogen (secondary N) is 2. The van der Waals surface area contributed by atoms with E-state index in [2.05, 4.69) is 15.5 Å². The van der Waals surface area contributed by atoms with Gasteiger partial charge in [0.1, 0.15) is 6.04 Å². The van der Waals surface area contributed by atoms with Crippen LogP contribution in [-0.4, -0.2) is 79.5 Å². The van der Waals surface area contributed by atoms with E-state index in [0.29, 0.717) is 31.2 Å². The molecule has 1 aromatic heterocycles. The Morgan fingerprint density at radius 1 is 1.06 bits per heavy atom. The minimum absolute atomic E-state index is 0.142.